The molecule has 2 heterocycles. The second-order valence-corrected chi connectivity index (χ2v) is 10.1. The molecule has 7 nitrogen and oxygen atoms in total. The van der Waals surface area contributed by atoms with Gasteiger partial charge in [0.05, 0.1) is 29.4 Å². The van der Waals surface area contributed by atoms with E-state index >= 15 is 0 Å². The average molecular weight is 469 g/mol. The number of ketones is 2. The standard InChI is InChI=1S/C28H28N4O3/c1-32(2)14-17-7-6-16-8-22-24-13-29-12-18(24)9-21(16)20(17)5-3-4-19-10-23-25(33)11-26(34)27(22)28(23)31-30-15-35-19/h5,8-10,12-13,17,23H,3-4,6-7,11,14-15H2,1-2H3/b19-10-,20-5-,31-30-. The highest BCUT2D eigenvalue weighted by Gasteiger charge is 2.38. The van der Waals surface area contributed by atoms with E-state index in [-0.39, 0.29) is 24.7 Å². The zero-order valence-corrected chi connectivity index (χ0v) is 20.1. The van der Waals surface area contributed by atoms with Crippen LogP contribution in [0.4, 0.5) is 0 Å². The first-order chi connectivity index (χ1) is 17.0. The quantitative estimate of drug-likeness (QED) is 0.598. The molecule has 2 aliphatic heterocycles. The summed E-state index contributed by atoms with van der Waals surface area (Å²) in [6.45, 7) is 1.04. The fourth-order valence-corrected chi connectivity index (χ4v) is 5.90. The number of allylic oxidation sites excluding steroid dienone is 4. The number of rotatable bonds is 2. The first-order valence-electron chi connectivity index (χ1n) is 12.3. The van der Waals surface area contributed by atoms with Crippen molar-refractivity contribution in [2.75, 3.05) is 27.4 Å². The van der Waals surface area contributed by atoms with Gasteiger partial charge in [-0.2, -0.15) is 5.11 Å². The number of hydrogen-bond acceptors (Lipinski definition) is 7. The Bertz CT molecular complexity index is 1330. The minimum atomic E-state index is -0.635. The third-order valence-corrected chi connectivity index (χ3v) is 7.46. The van der Waals surface area contributed by atoms with Gasteiger partial charge in [0.15, 0.2) is 18.3 Å². The maximum absolute atomic E-state index is 13.4. The first-order valence-corrected chi connectivity index (χ1v) is 12.3. The maximum Gasteiger partial charge on any atom is 0.198 e. The van der Waals surface area contributed by atoms with Crippen LogP contribution in [0.1, 0.15) is 42.4 Å². The van der Waals surface area contributed by atoms with Crippen LogP contribution in [0.15, 0.2) is 58.4 Å². The molecule has 2 unspecified atom stereocenters. The largest absolute Gasteiger partial charge is 0.474 e. The second-order valence-electron chi connectivity index (χ2n) is 10.1. The molecule has 0 radical (unpaired) electrons. The van der Waals surface area contributed by atoms with Crippen LogP contribution in [-0.2, 0) is 20.7 Å². The van der Waals surface area contributed by atoms with Crippen LogP contribution < -0.4 is 0 Å². The average Bonchev–Trinajstić information content (AvgIpc) is 3.19. The molecule has 0 fully saturated rings. The highest BCUT2D eigenvalue weighted by atomic mass is 16.5. The molecular formula is C28H28N4O3. The van der Waals surface area contributed by atoms with E-state index < -0.39 is 5.92 Å². The van der Waals surface area contributed by atoms with Crippen LogP contribution in [0.5, 0.6) is 0 Å². The Kier molecular flexibility index (Phi) is 5.44. The molecule has 4 aliphatic carbocycles. The third kappa shape index (κ3) is 3.84. The van der Waals surface area contributed by atoms with Gasteiger partial charge in [0.2, 0.25) is 0 Å². The minimum absolute atomic E-state index is 0.0717. The van der Waals surface area contributed by atoms with Gasteiger partial charge < -0.3 is 9.64 Å². The van der Waals surface area contributed by atoms with Gasteiger partial charge in [-0.05, 0) is 79.7 Å². The molecule has 8 bridgehead atoms. The Balaban J connectivity index is 1.68. The predicted octanol–water partition coefficient (Wildman–Crippen LogP) is 4.68. The molecule has 6 rings (SSSR count). The summed E-state index contributed by atoms with van der Waals surface area (Å²) in [5, 5.41) is 8.58. The SMILES string of the molecule is CN(C)CC1CCc2cc3c4cncc-4cc2/C1=C\CC/C1=C/C2C(=O)CC(=O)C3=C2/N=N\CO1. The minimum Gasteiger partial charge on any atom is -0.474 e. The van der Waals surface area contributed by atoms with E-state index in [9.17, 15) is 9.59 Å². The summed E-state index contributed by atoms with van der Waals surface area (Å²) in [6.07, 6.45) is 11.2. The molecular weight excluding hydrogens is 440 g/mol. The molecule has 6 aliphatic rings. The van der Waals surface area contributed by atoms with Crippen molar-refractivity contribution in [1.29, 1.82) is 0 Å². The number of Topliss-reactive ketones (excluding diaryl/α,β-unsaturated/α-hetero) is 2. The molecule has 35 heavy (non-hydrogen) atoms. The van der Waals surface area contributed by atoms with E-state index in [1.165, 1.54) is 16.7 Å². The summed E-state index contributed by atoms with van der Waals surface area (Å²) >= 11 is 0. The lowest BCUT2D eigenvalue weighted by atomic mass is 9.79. The molecule has 0 spiro atoms. The number of ether oxygens (including phenoxy) is 1. The van der Waals surface area contributed by atoms with Crippen molar-refractivity contribution in [3.05, 3.63) is 64.8 Å². The Labute approximate surface area is 204 Å². The van der Waals surface area contributed by atoms with Crippen molar-refractivity contribution in [3.8, 4) is 11.1 Å². The van der Waals surface area contributed by atoms with Crippen molar-refractivity contribution < 1.29 is 14.3 Å². The summed E-state index contributed by atoms with van der Waals surface area (Å²) < 4.78 is 5.86. The van der Waals surface area contributed by atoms with Gasteiger partial charge >= 0.3 is 0 Å². The number of aromatic nitrogens is 1. The zero-order valence-electron chi connectivity index (χ0n) is 20.1. The number of hydrogen-bond donors (Lipinski definition) is 0. The monoisotopic (exact) mass is 468 g/mol. The lowest BCUT2D eigenvalue weighted by Crippen LogP contribution is -2.27. The van der Waals surface area contributed by atoms with Crippen molar-refractivity contribution in [1.82, 2.24) is 9.88 Å². The zero-order chi connectivity index (χ0) is 24.1. The summed E-state index contributed by atoms with van der Waals surface area (Å²) in [5.41, 5.74) is 7.42. The van der Waals surface area contributed by atoms with Crippen molar-refractivity contribution in [3.63, 3.8) is 0 Å². The van der Waals surface area contributed by atoms with Gasteiger partial charge in [-0.25, -0.2) is 0 Å². The smallest absolute Gasteiger partial charge is 0.198 e. The first kappa shape index (κ1) is 22.0. The van der Waals surface area contributed by atoms with Gasteiger partial charge in [-0.1, -0.05) is 6.08 Å². The number of carbonyl (C=O) groups is 2. The number of carbonyl (C=O) groups excluding carboxylic acids is 2. The summed E-state index contributed by atoms with van der Waals surface area (Å²) in [7, 11) is 4.23. The topological polar surface area (TPSA) is 84.2 Å². The van der Waals surface area contributed by atoms with Crippen molar-refractivity contribution in [2.45, 2.75) is 32.1 Å². The summed E-state index contributed by atoms with van der Waals surface area (Å²) in [5.74, 6) is 0.153. The van der Waals surface area contributed by atoms with Crippen LogP contribution in [0, 0.1) is 11.8 Å². The number of azo groups is 1. The van der Waals surface area contributed by atoms with Gasteiger partial charge in [0.1, 0.15) is 0 Å². The summed E-state index contributed by atoms with van der Waals surface area (Å²) in [6, 6.07) is 4.39. The van der Waals surface area contributed by atoms with Gasteiger partial charge in [-0.15, -0.1) is 5.11 Å². The molecule has 0 N–H and O–H groups in total. The van der Waals surface area contributed by atoms with Gasteiger partial charge in [-0.3, -0.25) is 14.6 Å². The van der Waals surface area contributed by atoms with Crippen LogP contribution in [0.3, 0.4) is 0 Å². The highest BCUT2D eigenvalue weighted by Crippen LogP contribution is 2.44. The van der Waals surface area contributed by atoms with Gasteiger partial charge in [0.25, 0.3) is 0 Å². The van der Waals surface area contributed by atoms with Crippen molar-refractivity contribution >= 4 is 22.7 Å². The molecule has 0 amide bonds. The Morgan fingerprint density at radius 2 is 1.97 bits per heavy atom. The van der Waals surface area contributed by atoms with Crippen LogP contribution >= 0.6 is 0 Å². The van der Waals surface area contributed by atoms with Gasteiger partial charge in [0, 0.05) is 36.5 Å². The van der Waals surface area contributed by atoms with E-state index in [4.69, 9.17) is 4.74 Å². The van der Waals surface area contributed by atoms with Crippen LogP contribution in [-0.4, -0.2) is 48.8 Å². The van der Waals surface area contributed by atoms with Crippen molar-refractivity contribution in [2.24, 2.45) is 22.1 Å². The Morgan fingerprint density at radius 1 is 1.09 bits per heavy atom. The molecule has 0 aromatic carbocycles. The second kappa shape index (κ2) is 8.64. The van der Waals surface area contributed by atoms with Crippen LogP contribution in [0.2, 0.25) is 0 Å². The maximum atomic E-state index is 13.4. The number of fused-ring (bicyclic) bond motifs is 4. The van der Waals surface area contributed by atoms with E-state index in [2.05, 4.69) is 52.4 Å². The summed E-state index contributed by atoms with van der Waals surface area (Å²) in [4.78, 5) is 33.1. The lowest BCUT2D eigenvalue weighted by molar-refractivity contribution is -0.126. The third-order valence-electron chi connectivity index (χ3n) is 7.46. The number of nitrogens with zero attached hydrogens (tertiary/aromatic N) is 4. The molecule has 0 aromatic rings. The molecule has 2 atom stereocenters. The number of aryl methyl sites for hydroxylation is 1. The molecule has 178 valence electrons. The van der Waals surface area contributed by atoms with E-state index in [0.29, 0.717) is 23.6 Å². The van der Waals surface area contributed by atoms with E-state index in [0.717, 1.165) is 48.3 Å². The van der Waals surface area contributed by atoms with E-state index in [1.54, 1.807) is 0 Å². The molecule has 0 saturated carbocycles. The lowest BCUT2D eigenvalue weighted by Gasteiger charge is -2.30. The molecule has 0 aromatic heterocycles. The van der Waals surface area contributed by atoms with E-state index in [1.807, 2.05) is 18.5 Å². The molecule has 7 heteroatoms. The fraction of sp³-hybridized carbons (Fsp3) is 0.393. The molecule has 0 saturated heterocycles. The fourth-order valence-electron chi connectivity index (χ4n) is 5.90. The Morgan fingerprint density at radius 3 is 2.83 bits per heavy atom. The van der Waals surface area contributed by atoms with Crippen LogP contribution in [0.25, 0.3) is 22.3 Å². The Hall–Kier alpha value is -3.45. The predicted molar refractivity (Wildman–Crippen MR) is 132 cm³/mol. The normalized spacial score (nSPS) is 27.7. The highest BCUT2D eigenvalue weighted by molar-refractivity contribution is 6.31.